The van der Waals surface area contributed by atoms with Gasteiger partial charge in [-0.15, -0.1) is 0 Å². The van der Waals surface area contributed by atoms with Crippen LogP contribution in [-0.4, -0.2) is 0 Å². The molecule has 53 valence electrons. The fourth-order valence-electron chi connectivity index (χ4n) is 0. The van der Waals surface area contributed by atoms with Gasteiger partial charge in [-0.2, -0.15) is 0 Å². The van der Waals surface area contributed by atoms with Crippen LogP contribution >= 0.6 is 0 Å². The van der Waals surface area contributed by atoms with Gasteiger partial charge in [0, 0.05) is 0 Å². The van der Waals surface area contributed by atoms with Crippen molar-refractivity contribution in [2.24, 2.45) is 0 Å². The second-order valence-corrected chi connectivity index (χ2v) is 0. The molecule has 1 radical (unpaired) electrons. The predicted molar refractivity (Wildman–Crippen MR) is 10.1 cm³/mol. The Hall–Kier alpha value is 1.88. The average molecular weight is 274 g/mol. The van der Waals surface area contributed by atoms with Crippen molar-refractivity contribution in [3.63, 3.8) is 0 Å². The van der Waals surface area contributed by atoms with Crippen LogP contribution in [0.1, 0.15) is 0 Å². The second kappa shape index (κ2) is 106. The van der Waals surface area contributed by atoms with Crippen LogP contribution in [0.5, 0.6) is 0 Å². The van der Waals surface area contributed by atoms with Crippen molar-refractivity contribution in [3.05, 3.63) is 18.5 Å². The molecule has 0 aliphatic heterocycles. The molecular weight excluding hydrogens is 274 g/mol. The second-order valence-electron chi connectivity index (χ2n) is 0. The van der Waals surface area contributed by atoms with Crippen LogP contribution in [0.15, 0.2) is 0 Å². The van der Waals surface area contributed by atoms with Crippen LogP contribution in [0.25, 0.3) is 18.5 Å². The third kappa shape index (κ3) is 77.1. The Kier molecular flexibility index (Phi) is 2350. The Morgan fingerprint density at radius 2 is 0.429 bits per heavy atom. The SMILES string of the molecule is [Fe+3].[N-3].[N-3].[N-3].[Ni+2].[Ni+2].[Ni+2]. The number of hydrogen-bond donors (Lipinski definition) is 0. The Balaban J connectivity index is 0. The summed E-state index contributed by atoms with van der Waals surface area (Å²) in [6, 6.07) is 0. The summed E-state index contributed by atoms with van der Waals surface area (Å²) in [4.78, 5) is 0. The van der Waals surface area contributed by atoms with Crippen molar-refractivity contribution in [3.8, 4) is 0 Å². The predicted octanol–water partition coefficient (Wildman–Crippen LogP) is 0.856. The molecule has 0 aromatic carbocycles. The van der Waals surface area contributed by atoms with Gasteiger partial charge in [-0.1, -0.05) is 0 Å². The molecule has 7 heteroatoms. The fourth-order valence-corrected chi connectivity index (χ4v) is 0. The van der Waals surface area contributed by atoms with E-state index in [-0.39, 0.29) is 85.0 Å². The summed E-state index contributed by atoms with van der Waals surface area (Å²) in [5.41, 5.74) is 0. The molecule has 3 nitrogen and oxygen atoms in total. The van der Waals surface area contributed by atoms with Crippen LogP contribution in [0.3, 0.4) is 0 Å². The van der Waals surface area contributed by atoms with E-state index in [2.05, 4.69) is 0 Å². The van der Waals surface area contributed by atoms with Crippen LogP contribution in [0, 0.1) is 0 Å². The van der Waals surface area contributed by atoms with Crippen molar-refractivity contribution in [1.82, 2.24) is 0 Å². The standard InChI is InChI=1S/Fe.3N.3Ni/q+3;3*-3;3*+2. The maximum atomic E-state index is 0. The normalized spacial score (nSPS) is 0. The first kappa shape index (κ1) is 156. The van der Waals surface area contributed by atoms with E-state index in [4.69, 9.17) is 0 Å². The minimum atomic E-state index is 0. The van der Waals surface area contributed by atoms with Gasteiger partial charge in [-0.25, -0.2) is 0 Å². The Morgan fingerprint density at radius 1 is 0.429 bits per heavy atom. The van der Waals surface area contributed by atoms with Gasteiger partial charge < -0.3 is 18.5 Å². The molecule has 0 fully saturated rings. The van der Waals surface area contributed by atoms with Crippen molar-refractivity contribution in [1.29, 1.82) is 0 Å². The van der Waals surface area contributed by atoms with Crippen molar-refractivity contribution in [2.45, 2.75) is 0 Å². The third-order valence-electron chi connectivity index (χ3n) is 0. The van der Waals surface area contributed by atoms with E-state index >= 15 is 0 Å². The Bertz CT molecular complexity index is 10.1. The van der Waals surface area contributed by atoms with Gasteiger partial charge in [-0.05, 0) is 0 Å². The van der Waals surface area contributed by atoms with Crippen LogP contribution in [0.4, 0.5) is 0 Å². The topological polar surface area (TPSA) is 91.5 Å². The molecule has 0 N–H and O–H groups in total. The van der Waals surface area contributed by atoms with Gasteiger partial charge in [0.15, 0.2) is 0 Å². The summed E-state index contributed by atoms with van der Waals surface area (Å²) in [6.45, 7) is 0. The van der Waals surface area contributed by atoms with Crippen molar-refractivity contribution < 1.29 is 66.5 Å². The maximum Gasteiger partial charge on any atom is 3.00 e. The molecule has 0 aliphatic carbocycles. The Labute approximate surface area is 84.5 Å². The fraction of sp³-hybridized carbons (Fsp3) is 0. The number of hydrogen-bond acceptors (Lipinski definition) is 0. The first-order chi connectivity index (χ1) is 0. The van der Waals surface area contributed by atoms with Crippen molar-refractivity contribution >= 4 is 0 Å². The molecule has 0 saturated heterocycles. The van der Waals surface area contributed by atoms with E-state index in [1.165, 1.54) is 0 Å². The molecule has 0 aromatic rings. The van der Waals surface area contributed by atoms with E-state index in [1.54, 1.807) is 0 Å². The maximum absolute atomic E-state index is 0. The zero-order valence-electron chi connectivity index (χ0n) is 2.64. The van der Waals surface area contributed by atoms with Crippen LogP contribution < -0.4 is 0 Å². The summed E-state index contributed by atoms with van der Waals surface area (Å²) in [5, 5.41) is 0. The first-order valence-electron chi connectivity index (χ1n) is 0. The molecule has 0 bridgehead atoms. The minimum Gasteiger partial charge on any atom is -3.00 e. The summed E-state index contributed by atoms with van der Waals surface area (Å²) in [5.74, 6) is 0. The van der Waals surface area contributed by atoms with E-state index in [1.807, 2.05) is 0 Å². The summed E-state index contributed by atoms with van der Waals surface area (Å²) < 4.78 is 0. The molecule has 0 aromatic heterocycles. The van der Waals surface area contributed by atoms with E-state index in [0.717, 1.165) is 0 Å². The van der Waals surface area contributed by atoms with E-state index < -0.39 is 0 Å². The molecule has 0 spiro atoms. The zero-order valence-corrected chi connectivity index (χ0v) is 6.71. The molecule has 0 saturated carbocycles. The van der Waals surface area contributed by atoms with Crippen LogP contribution in [-0.2, 0) is 66.5 Å². The van der Waals surface area contributed by atoms with E-state index in [0.29, 0.717) is 0 Å². The van der Waals surface area contributed by atoms with Gasteiger partial charge in [-0.3, -0.25) is 0 Å². The molecule has 0 amide bonds. The molecule has 0 aliphatic rings. The molecule has 0 atom stereocenters. The minimum absolute atomic E-state index is 0. The largest absolute Gasteiger partial charge is 3.00 e. The average Bonchev–Trinajstić information content (AvgIpc) is 0. The quantitative estimate of drug-likeness (QED) is 0.586. The van der Waals surface area contributed by atoms with Gasteiger partial charge in [0.2, 0.25) is 0 Å². The smallest absolute Gasteiger partial charge is 3.00 e. The summed E-state index contributed by atoms with van der Waals surface area (Å²) >= 11 is 0. The van der Waals surface area contributed by atoms with Gasteiger partial charge in [0.05, 0.1) is 0 Å². The summed E-state index contributed by atoms with van der Waals surface area (Å²) in [7, 11) is 0. The van der Waals surface area contributed by atoms with Crippen LogP contribution in [0.2, 0.25) is 0 Å². The Morgan fingerprint density at radius 3 is 0.429 bits per heavy atom. The van der Waals surface area contributed by atoms with Crippen molar-refractivity contribution in [2.75, 3.05) is 0 Å². The number of rotatable bonds is 0. The molecule has 0 rings (SSSR count). The van der Waals surface area contributed by atoms with Gasteiger partial charge in [0.1, 0.15) is 0 Å². The molecule has 7 heavy (non-hydrogen) atoms. The third-order valence-corrected chi connectivity index (χ3v) is 0. The monoisotopic (exact) mass is 272 g/mol. The van der Waals surface area contributed by atoms with Gasteiger partial charge in [0.25, 0.3) is 0 Å². The summed E-state index contributed by atoms with van der Waals surface area (Å²) in [6.07, 6.45) is 0. The van der Waals surface area contributed by atoms with E-state index in [9.17, 15) is 0 Å². The molecular formula is FeN3Ni3. The van der Waals surface area contributed by atoms with Gasteiger partial charge >= 0.3 is 66.5 Å². The zero-order chi connectivity index (χ0) is 0. The molecule has 0 unspecified atom stereocenters. The first-order valence-corrected chi connectivity index (χ1v) is 0. The number of nitrogens with zero attached hydrogens (tertiary/aromatic N) is 3. The molecule has 0 heterocycles.